The second-order valence-electron chi connectivity index (χ2n) is 6.45. The molecule has 0 spiro atoms. The first kappa shape index (κ1) is 17.4. The molecule has 0 N–H and O–H groups in total. The third-order valence-corrected chi connectivity index (χ3v) is 3.60. The molecule has 1 aliphatic rings. The standard InChI is InChI=1S/C16H21ClN4O2/c1-16(2,3)23-15(22)21-6-4-5-20(7-8-21)13-9-12(11-18)19-14(17)10-13/h9-10H,4-8H2,1-3H3. The number of hydrogen-bond acceptors (Lipinski definition) is 5. The van der Waals surface area contributed by atoms with E-state index in [4.69, 9.17) is 21.6 Å². The van der Waals surface area contributed by atoms with E-state index < -0.39 is 5.60 Å². The van der Waals surface area contributed by atoms with E-state index in [0.717, 1.165) is 18.7 Å². The zero-order valence-electron chi connectivity index (χ0n) is 13.7. The van der Waals surface area contributed by atoms with Gasteiger partial charge in [-0.1, -0.05) is 11.6 Å². The van der Waals surface area contributed by atoms with E-state index in [1.807, 2.05) is 26.8 Å². The summed E-state index contributed by atoms with van der Waals surface area (Å²) in [6.07, 6.45) is 0.533. The van der Waals surface area contributed by atoms with Crippen LogP contribution in [0, 0.1) is 11.3 Å². The molecule has 0 aromatic carbocycles. The maximum atomic E-state index is 12.2. The number of rotatable bonds is 1. The molecule has 2 rings (SSSR count). The summed E-state index contributed by atoms with van der Waals surface area (Å²) in [5, 5.41) is 9.30. The van der Waals surface area contributed by atoms with Gasteiger partial charge in [-0.05, 0) is 39.3 Å². The molecule has 1 amide bonds. The third kappa shape index (κ3) is 5.00. The summed E-state index contributed by atoms with van der Waals surface area (Å²) in [5.41, 5.74) is 0.650. The van der Waals surface area contributed by atoms with E-state index in [1.165, 1.54) is 0 Å². The highest BCUT2D eigenvalue weighted by Gasteiger charge is 2.24. The minimum Gasteiger partial charge on any atom is -0.444 e. The lowest BCUT2D eigenvalue weighted by molar-refractivity contribution is 0.0263. The Morgan fingerprint density at radius 1 is 1.30 bits per heavy atom. The summed E-state index contributed by atoms with van der Waals surface area (Å²) in [6.45, 7) is 8.23. The largest absolute Gasteiger partial charge is 0.444 e. The molecule has 1 fully saturated rings. The van der Waals surface area contributed by atoms with Crippen molar-refractivity contribution in [2.24, 2.45) is 0 Å². The van der Waals surface area contributed by atoms with Crippen molar-refractivity contribution in [2.45, 2.75) is 32.8 Å². The van der Waals surface area contributed by atoms with E-state index in [-0.39, 0.29) is 6.09 Å². The van der Waals surface area contributed by atoms with Gasteiger partial charge in [-0.2, -0.15) is 5.26 Å². The van der Waals surface area contributed by atoms with E-state index in [0.29, 0.717) is 30.5 Å². The Balaban J connectivity index is 2.06. The van der Waals surface area contributed by atoms with Crippen LogP contribution < -0.4 is 4.90 Å². The van der Waals surface area contributed by atoms with E-state index in [2.05, 4.69) is 9.88 Å². The Labute approximate surface area is 141 Å². The van der Waals surface area contributed by atoms with Crippen molar-refractivity contribution in [3.05, 3.63) is 23.0 Å². The molecule has 0 atom stereocenters. The number of aromatic nitrogens is 1. The van der Waals surface area contributed by atoms with Crippen molar-refractivity contribution in [2.75, 3.05) is 31.1 Å². The number of hydrogen-bond donors (Lipinski definition) is 0. The number of carbonyl (C=O) groups is 1. The van der Waals surface area contributed by atoms with Crippen LogP contribution in [0.1, 0.15) is 32.9 Å². The number of carbonyl (C=O) groups excluding carboxylic acids is 1. The van der Waals surface area contributed by atoms with Gasteiger partial charge in [0.15, 0.2) is 0 Å². The van der Waals surface area contributed by atoms with Crippen molar-refractivity contribution >= 4 is 23.4 Å². The van der Waals surface area contributed by atoms with Crippen LogP contribution in [0.3, 0.4) is 0 Å². The molecule has 0 unspecified atom stereocenters. The van der Waals surface area contributed by atoms with Crippen LogP contribution in [0.15, 0.2) is 12.1 Å². The molecule has 7 heteroatoms. The van der Waals surface area contributed by atoms with Crippen molar-refractivity contribution in [1.29, 1.82) is 5.26 Å². The molecule has 23 heavy (non-hydrogen) atoms. The third-order valence-electron chi connectivity index (χ3n) is 3.41. The average Bonchev–Trinajstić information content (AvgIpc) is 2.70. The zero-order valence-corrected chi connectivity index (χ0v) is 14.4. The number of pyridine rings is 1. The van der Waals surface area contributed by atoms with Gasteiger partial charge in [-0.15, -0.1) is 0 Å². The van der Waals surface area contributed by atoms with Gasteiger partial charge in [-0.3, -0.25) is 0 Å². The highest BCUT2D eigenvalue weighted by Crippen LogP contribution is 2.21. The van der Waals surface area contributed by atoms with Gasteiger partial charge >= 0.3 is 6.09 Å². The van der Waals surface area contributed by atoms with Gasteiger partial charge in [0.05, 0.1) is 0 Å². The number of anilines is 1. The minimum atomic E-state index is -0.497. The summed E-state index contributed by atoms with van der Waals surface area (Å²) in [7, 11) is 0. The predicted octanol–water partition coefficient (Wildman–Crippen LogP) is 3.05. The minimum absolute atomic E-state index is 0.287. The SMILES string of the molecule is CC(C)(C)OC(=O)N1CCCN(c2cc(Cl)nc(C#N)c2)CC1. The molecular weight excluding hydrogens is 316 g/mol. The Bertz CT molecular complexity index is 621. The molecular formula is C16H21ClN4O2. The van der Waals surface area contributed by atoms with Crippen molar-refractivity contribution < 1.29 is 9.53 Å². The van der Waals surface area contributed by atoms with Gasteiger partial charge in [0, 0.05) is 31.9 Å². The number of nitriles is 1. The van der Waals surface area contributed by atoms with Crippen molar-refractivity contribution in [1.82, 2.24) is 9.88 Å². The topological polar surface area (TPSA) is 69.5 Å². The van der Waals surface area contributed by atoms with E-state index in [1.54, 1.807) is 17.0 Å². The van der Waals surface area contributed by atoms with Crippen LogP contribution in [-0.2, 0) is 4.74 Å². The second kappa shape index (κ2) is 7.05. The smallest absolute Gasteiger partial charge is 0.410 e. The molecule has 2 heterocycles. The summed E-state index contributed by atoms with van der Waals surface area (Å²) in [5.74, 6) is 0. The van der Waals surface area contributed by atoms with Crippen LogP contribution in [0.4, 0.5) is 10.5 Å². The van der Waals surface area contributed by atoms with Gasteiger partial charge < -0.3 is 14.5 Å². The van der Waals surface area contributed by atoms with Crippen LogP contribution in [0.25, 0.3) is 0 Å². The number of ether oxygens (including phenoxy) is 1. The normalized spacial score (nSPS) is 15.8. The molecule has 6 nitrogen and oxygen atoms in total. The lowest BCUT2D eigenvalue weighted by Crippen LogP contribution is -2.39. The van der Waals surface area contributed by atoms with Crippen molar-refractivity contribution in [3.63, 3.8) is 0 Å². The van der Waals surface area contributed by atoms with Crippen molar-refractivity contribution in [3.8, 4) is 6.07 Å². The number of halogens is 1. The first-order valence-corrected chi connectivity index (χ1v) is 7.97. The second-order valence-corrected chi connectivity index (χ2v) is 6.84. The Morgan fingerprint density at radius 2 is 2.04 bits per heavy atom. The summed E-state index contributed by atoms with van der Waals surface area (Å²) < 4.78 is 5.42. The molecule has 0 radical (unpaired) electrons. The highest BCUT2D eigenvalue weighted by atomic mass is 35.5. The molecule has 1 aromatic rings. The summed E-state index contributed by atoms with van der Waals surface area (Å²) >= 11 is 5.97. The molecule has 124 valence electrons. The molecule has 0 bridgehead atoms. The maximum Gasteiger partial charge on any atom is 0.410 e. The predicted molar refractivity (Wildman–Crippen MR) is 88.6 cm³/mol. The quantitative estimate of drug-likeness (QED) is 0.737. The maximum absolute atomic E-state index is 12.2. The fourth-order valence-electron chi connectivity index (χ4n) is 2.41. The highest BCUT2D eigenvalue weighted by molar-refractivity contribution is 6.29. The van der Waals surface area contributed by atoms with Gasteiger partial charge in [0.25, 0.3) is 0 Å². The van der Waals surface area contributed by atoms with Crippen LogP contribution in [-0.4, -0.2) is 47.8 Å². The van der Waals surface area contributed by atoms with Crippen LogP contribution >= 0.6 is 11.6 Å². The fourth-order valence-corrected chi connectivity index (χ4v) is 2.61. The number of nitrogens with zero attached hydrogens (tertiary/aromatic N) is 4. The van der Waals surface area contributed by atoms with Crippen LogP contribution in [0.5, 0.6) is 0 Å². The Morgan fingerprint density at radius 3 is 2.70 bits per heavy atom. The first-order valence-electron chi connectivity index (χ1n) is 7.59. The van der Waals surface area contributed by atoms with E-state index >= 15 is 0 Å². The molecule has 0 aliphatic carbocycles. The Hall–Kier alpha value is -2.00. The Kier molecular flexibility index (Phi) is 5.32. The molecule has 1 aromatic heterocycles. The molecule has 1 saturated heterocycles. The average molecular weight is 337 g/mol. The monoisotopic (exact) mass is 336 g/mol. The zero-order chi connectivity index (χ0) is 17.0. The summed E-state index contributed by atoms with van der Waals surface area (Å²) in [4.78, 5) is 20.0. The van der Waals surface area contributed by atoms with E-state index in [9.17, 15) is 4.79 Å². The van der Waals surface area contributed by atoms with Gasteiger partial charge in [-0.25, -0.2) is 9.78 Å². The number of amides is 1. The van der Waals surface area contributed by atoms with Gasteiger partial charge in [0.2, 0.25) is 0 Å². The molecule has 1 aliphatic heterocycles. The lowest BCUT2D eigenvalue weighted by Gasteiger charge is -2.27. The van der Waals surface area contributed by atoms with Gasteiger partial charge in [0.1, 0.15) is 22.5 Å². The molecule has 0 saturated carbocycles. The fraction of sp³-hybridized carbons (Fsp3) is 0.562. The van der Waals surface area contributed by atoms with Crippen LogP contribution in [0.2, 0.25) is 5.15 Å². The lowest BCUT2D eigenvalue weighted by atomic mass is 10.2. The summed E-state index contributed by atoms with van der Waals surface area (Å²) in [6, 6.07) is 5.47. The first-order chi connectivity index (χ1) is 10.8.